The zero-order valence-corrected chi connectivity index (χ0v) is 13.3. The van der Waals surface area contributed by atoms with Gasteiger partial charge < -0.3 is 9.15 Å². The molecule has 0 saturated heterocycles. The number of rotatable bonds is 4. The minimum atomic E-state index is -0.157. The molecule has 0 aliphatic heterocycles. The molecule has 0 N–H and O–H groups in total. The van der Waals surface area contributed by atoms with E-state index in [1.807, 2.05) is 43.3 Å². The molecule has 0 unspecified atom stereocenters. The minimum absolute atomic E-state index is 0.157. The van der Waals surface area contributed by atoms with Crippen LogP contribution < -0.4 is 10.2 Å². The summed E-state index contributed by atoms with van der Waals surface area (Å²) in [7, 11) is 1.49. The predicted octanol–water partition coefficient (Wildman–Crippen LogP) is 4.51. The summed E-state index contributed by atoms with van der Waals surface area (Å²) >= 11 is 0. The molecule has 0 atom stereocenters. The van der Waals surface area contributed by atoms with Crippen molar-refractivity contribution in [2.75, 3.05) is 7.11 Å². The Morgan fingerprint density at radius 2 is 1.91 bits per heavy atom. The van der Waals surface area contributed by atoms with Crippen LogP contribution in [0.2, 0.25) is 0 Å². The molecule has 116 valence electrons. The van der Waals surface area contributed by atoms with Crippen molar-refractivity contribution in [1.82, 2.24) is 0 Å². The van der Waals surface area contributed by atoms with Gasteiger partial charge in [0.2, 0.25) is 11.2 Å². The molecule has 0 aliphatic carbocycles. The summed E-state index contributed by atoms with van der Waals surface area (Å²) in [6.07, 6.45) is 2.44. The number of methoxy groups -OCH3 is 1. The van der Waals surface area contributed by atoms with Crippen molar-refractivity contribution in [3.05, 3.63) is 76.5 Å². The second-order valence-corrected chi connectivity index (χ2v) is 5.45. The second-order valence-electron chi connectivity index (χ2n) is 5.45. The van der Waals surface area contributed by atoms with E-state index >= 15 is 0 Å². The normalized spacial score (nSPS) is 10.7. The maximum absolute atomic E-state index is 12.8. The average molecular weight is 306 g/mol. The van der Waals surface area contributed by atoms with Crippen LogP contribution in [-0.4, -0.2) is 7.11 Å². The molecule has 0 spiro atoms. The Morgan fingerprint density at radius 1 is 1.17 bits per heavy atom. The standard InChI is InChI=1S/C20H18O3/c1-4-6-14-7-5-8-16-17(21)20(22-3)19(23-18(14)16)15-11-9-13(2)10-12-15/h4-5,7-12H,1,6H2,2-3H3. The Balaban J connectivity index is 2.36. The van der Waals surface area contributed by atoms with Gasteiger partial charge >= 0.3 is 0 Å². The number of para-hydroxylation sites is 1. The first kappa shape index (κ1) is 15.1. The number of hydrogen-bond donors (Lipinski definition) is 0. The zero-order valence-electron chi connectivity index (χ0n) is 13.3. The average Bonchev–Trinajstić information content (AvgIpc) is 2.56. The minimum Gasteiger partial charge on any atom is -0.490 e. The number of benzene rings is 2. The fourth-order valence-corrected chi connectivity index (χ4v) is 2.65. The lowest BCUT2D eigenvalue weighted by molar-refractivity contribution is 0.398. The van der Waals surface area contributed by atoms with E-state index in [0.717, 1.165) is 16.7 Å². The van der Waals surface area contributed by atoms with Crippen molar-refractivity contribution in [2.45, 2.75) is 13.3 Å². The first-order valence-corrected chi connectivity index (χ1v) is 7.46. The van der Waals surface area contributed by atoms with Gasteiger partial charge in [-0.05, 0) is 25.0 Å². The van der Waals surface area contributed by atoms with Crippen molar-refractivity contribution in [3.8, 4) is 17.1 Å². The largest absolute Gasteiger partial charge is 0.490 e. The lowest BCUT2D eigenvalue weighted by Gasteiger charge is -2.11. The van der Waals surface area contributed by atoms with E-state index in [0.29, 0.717) is 23.2 Å². The third-order valence-corrected chi connectivity index (χ3v) is 3.84. The molecule has 3 nitrogen and oxygen atoms in total. The number of aryl methyl sites for hydroxylation is 1. The molecule has 3 aromatic rings. The second kappa shape index (κ2) is 6.13. The number of fused-ring (bicyclic) bond motifs is 1. The summed E-state index contributed by atoms with van der Waals surface area (Å²) in [5, 5.41) is 0.525. The highest BCUT2D eigenvalue weighted by molar-refractivity contribution is 5.84. The third-order valence-electron chi connectivity index (χ3n) is 3.84. The number of allylic oxidation sites excluding steroid dienone is 1. The summed E-state index contributed by atoms with van der Waals surface area (Å²) in [4.78, 5) is 12.8. The summed E-state index contributed by atoms with van der Waals surface area (Å²) in [6.45, 7) is 5.78. The Bertz CT molecular complexity index is 918. The molecule has 3 heteroatoms. The van der Waals surface area contributed by atoms with Crippen LogP contribution in [0.25, 0.3) is 22.3 Å². The maximum Gasteiger partial charge on any atom is 0.235 e. The molecule has 0 aliphatic rings. The van der Waals surface area contributed by atoms with Gasteiger partial charge in [0.05, 0.1) is 12.5 Å². The van der Waals surface area contributed by atoms with Gasteiger partial charge in [-0.3, -0.25) is 4.79 Å². The molecule has 0 fully saturated rings. The molecule has 3 rings (SSSR count). The van der Waals surface area contributed by atoms with Gasteiger partial charge in [-0.2, -0.15) is 0 Å². The first-order valence-electron chi connectivity index (χ1n) is 7.46. The SMILES string of the molecule is C=CCc1cccc2c(=O)c(OC)c(-c3ccc(C)cc3)oc12. The molecule has 0 bridgehead atoms. The van der Waals surface area contributed by atoms with Crippen molar-refractivity contribution in [1.29, 1.82) is 0 Å². The monoisotopic (exact) mass is 306 g/mol. The highest BCUT2D eigenvalue weighted by Crippen LogP contribution is 2.32. The molecule has 0 amide bonds. The van der Waals surface area contributed by atoms with Crippen LogP contribution in [0.5, 0.6) is 5.75 Å². The van der Waals surface area contributed by atoms with Gasteiger partial charge in [0.15, 0.2) is 5.76 Å². The summed E-state index contributed by atoms with van der Waals surface area (Å²) < 4.78 is 11.4. The molecule has 2 aromatic carbocycles. The van der Waals surface area contributed by atoms with E-state index in [-0.39, 0.29) is 11.2 Å². The van der Waals surface area contributed by atoms with Gasteiger partial charge in [0, 0.05) is 5.56 Å². The Kier molecular flexibility index (Phi) is 4.02. The fraction of sp³-hybridized carbons (Fsp3) is 0.150. The van der Waals surface area contributed by atoms with E-state index in [4.69, 9.17) is 9.15 Å². The fourth-order valence-electron chi connectivity index (χ4n) is 2.65. The Morgan fingerprint density at radius 3 is 2.57 bits per heavy atom. The van der Waals surface area contributed by atoms with Crippen molar-refractivity contribution in [2.24, 2.45) is 0 Å². The molecular weight excluding hydrogens is 288 g/mol. The van der Waals surface area contributed by atoms with Gasteiger partial charge in [-0.15, -0.1) is 6.58 Å². The maximum atomic E-state index is 12.8. The van der Waals surface area contributed by atoms with Crippen LogP contribution in [-0.2, 0) is 6.42 Å². The Hall–Kier alpha value is -2.81. The van der Waals surface area contributed by atoms with Crippen LogP contribution in [0.4, 0.5) is 0 Å². The van der Waals surface area contributed by atoms with E-state index in [1.54, 1.807) is 12.1 Å². The molecule has 0 radical (unpaired) electrons. The molecule has 1 heterocycles. The lowest BCUT2D eigenvalue weighted by atomic mass is 10.0. The quantitative estimate of drug-likeness (QED) is 0.666. The van der Waals surface area contributed by atoms with E-state index in [2.05, 4.69) is 6.58 Å². The molecule has 23 heavy (non-hydrogen) atoms. The Labute approximate surface area is 134 Å². The first-order chi connectivity index (χ1) is 11.2. The number of hydrogen-bond acceptors (Lipinski definition) is 3. The van der Waals surface area contributed by atoms with Gasteiger partial charge in [-0.25, -0.2) is 0 Å². The van der Waals surface area contributed by atoms with Gasteiger partial charge in [-0.1, -0.05) is 48.0 Å². The van der Waals surface area contributed by atoms with Crippen molar-refractivity contribution >= 4 is 11.0 Å². The summed E-state index contributed by atoms with van der Waals surface area (Å²) in [6, 6.07) is 13.4. The lowest BCUT2D eigenvalue weighted by Crippen LogP contribution is -2.08. The highest BCUT2D eigenvalue weighted by Gasteiger charge is 2.18. The molecular formula is C20H18O3. The van der Waals surface area contributed by atoms with Crippen LogP contribution in [0.1, 0.15) is 11.1 Å². The predicted molar refractivity (Wildman–Crippen MR) is 93.1 cm³/mol. The summed E-state index contributed by atoms with van der Waals surface area (Å²) in [5.41, 5.74) is 3.33. The van der Waals surface area contributed by atoms with Gasteiger partial charge in [0.1, 0.15) is 5.58 Å². The smallest absolute Gasteiger partial charge is 0.235 e. The topological polar surface area (TPSA) is 39.4 Å². The molecule has 0 saturated carbocycles. The van der Waals surface area contributed by atoms with Crippen molar-refractivity contribution < 1.29 is 9.15 Å². The van der Waals surface area contributed by atoms with E-state index in [9.17, 15) is 4.79 Å². The van der Waals surface area contributed by atoms with Crippen LogP contribution >= 0.6 is 0 Å². The van der Waals surface area contributed by atoms with Crippen LogP contribution in [0.3, 0.4) is 0 Å². The number of ether oxygens (including phenoxy) is 1. The van der Waals surface area contributed by atoms with Gasteiger partial charge in [0.25, 0.3) is 0 Å². The van der Waals surface area contributed by atoms with Crippen molar-refractivity contribution in [3.63, 3.8) is 0 Å². The van der Waals surface area contributed by atoms with Crippen LogP contribution in [0.15, 0.2) is 64.3 Å². The van der Waals surface area contributed by atoms with E-state index in [1.165, 1.54) is 7.11 Å². The molecule has 1 aromatic heterocycles. The van der Waals surface area contributed by atoms with E-state index < -0.39 is 0 Å². The third kappa shape index (κ3) is 2.66. The van der Waals surface area contributed by atoms with Crippen LogP contribution in [0, 0.1) is 6.92 Å². The zero-order chi connectivity index (χ0) is 16.4. The summed E-state index contributed by atoms with van der Waals surface area (Å²) in [5.74, 6) is 0.693. The highest BCUT2D eigenvalue weighted by atomic mass is 16.5.